The quantitative estimate of drug-likeness (QED) is 0.677. The van der Waals surface area contributed by atoms with Gasteiger partial charge in [-0.3, -0.25) is 14.9 Å². The summed E-state index contributed by atoms with van der Waals surface area (Å²) in [6.45, 7) is 3.85. The van der Waals surface area contributed by atoms with E-state index in [1.54, 1.807) is 6.07 Å². The van der Waals surface area contributed by atoms with Crippen LogP contribution in [0.25, 0.3) is 0 Å². The summed E-state index contributed by atoms with van der Waals surface area (Å²) in [6.07, 6.45) is 1.08. The highest BCUT2D eigenvalue weighted by molar-refractivity contribution is 5.76. The molecule has 0 saturated heterocycles. The maximum atomic E-state index is 11.2. The molecule has 1 fully saturated rings. The summed E-state index contributed by atoms with van der Waals surface area (Å²) in [6, 6.07) is 3.20. The lowest BCUT2D eigenvalue weighted by Gasteiger charge is -2.16. The Morgan fingerprint density at radius 1 is 1.50 bits per heavy atom. The Kier molecular flexibility index (Phi) is 2.54. The lowest BCUT2D eigenvalue weighted by atomic mass is 9.98. The minimum Gasteiger partial charge on any atom is -0.487 e. The van der Waals surface area contributed by atoms with Gasteiger partial charge in [-0.2, -0.15) is 0 Å². The maximum Gasteiger partial charge on any atom is 0.307 e. The van der Waals surface area contributed by atoms with E-state index in [9.17, 15) is 14.9 Å². The Morgan fingerprint density at radius 3 is 2.75 bits per heavy atom. The third-order valence-electron chi connectivity index (χ3n) is 3.92. The molecule has 0 aromatic heterocycles. The van der Waals surface area contributed by atoms with Crippen LogP contribution in [0.5, 0.6) is 5.75 Å². The molecule has 1 aliphatic carbocycles. The molecule has 3 rings (SSSR count). The van der Waals surface area contributed by atoms with Crippen molar-refractivity contribution < 1.29 is 19.6 Å². The van der Waals surface area contributed by atoms with Gasteiger partial charge < -0.3 is 9.84 Å². The van der Waals surface area contributed by atoms with Crippen LogP contribution in [0.3, 0.4) is 0 Å². The van der Waals surface area contributed by atoms with E-state index in [2.05, 4.69) is 0 Å². The van der Waals surface area contributed by atoms with E-state index in [4.69, 9.17) is 9.84 Å². The molecular formula is C14H15NO5. The molecule has 0 bridgehead atoms. The minimum absolute atomic E-state index is 0.0128. The molecule has 6 nitrogen and oxygen atoms in total. The summed E-state index contributed by atoms with van der Waals surface area (Å²) < 4.78 is 5.77. The monoisotopic (exact) mass is 277 g/mol. The van der Waals surface area contributed by atoms with Crippen LogP contribution in [0.4, 0.5) is 5.69 Å². The number of fused-ring (bicyclic) bond motifs is 1. The molecular weight excluding hydrogens is 262 g/mol. The fraction of sp³-hybridized carbons (Fsp3) is 0.500. The van der Waals surface area contributed by atoms with Gasteiger partial charge in [0.2, 0.25) is 0 Å². The number of carboxylic acid groups (broad SMARTS) is 1. The van der Waals surface area contributed by atoms with Gasteiger partial charge in [0.15, 0.2) is 0 Å². The molecule has 20 heavy (non-hydrogen) atoms. The fourth-order valence-corrected chi connectivity index (χ4v) is 2.92. The highest BCUT2D eigenvalue weighted by Gasteiger charge is 2.48. The summed E-state index contributed by atoms with van der Waals surface area (Å²) in [5, 5.41) is 20.2. The Labute approximate surface area is 115 Å². The molecule has 1 aromatic carbocycles. The lowest BCUT2D eigenvalue weighted by molar-refractivity contribution is -0.385. The number of carboxylic acids is 1. The molecule has 2 aliphatic rings. The van der Waals surface area contributed by atoms with Crippen molar-refractivity contribution in [1.82, 2.24) is 0 Å². The largest absolute Gasteiger partial charge is 0.487 e. The van der Waals surface area contributed by atoms with Crippen molar-refractivity contribution in [1.29, 1.82) is 0 Å². The van der Waals surface area contributed by atoms with Crippen molar-refractivity contribution in [3.05, 3.63) is 33.4 Å². The third-order valence-corrected chi connectivity index (χ3v) is 3.92. The molecule has 1 heterocycles. The number of carbonyl (C=O) groups is 1. The Hall–Kier alpha value is -2.11. The van der Waals surface area contributed by atoms with E-state index in [0.717, 1.165) is 5.56 Å². The van der Waals surface area contributed by atoms with Crippen LogP contribution in [0.1, 0.15) is 37.3 Å². The van der Waals surface area contributed by atoms with Crippen LogP contribution in [-0.2, 0) is 11.2 Å². The number of nitro groups is 1. The summed E-state index contributed by atoms with van der Waals surface area (Å²) >= 11 is 0. The number of benzene rings is 1. The number of nitrogens with zero attached hydrogens (tertiary/aromatic N) is 1. The summed E-state index contributed by atoms with van der Waals surface area (Å²) in [7, 11) is 0. The predicted octanol–water partition coefficient (Wildman–Crippen LogP) is 2.50. The van der Waals surface area contributed by atoms with E-state index in [0.29, 0.717) is 24.2 Å². The van der Waals surface area contributed by atoms with Crippen molar-refractivity contribution in [2.24, 2.45) is 5.92 Å². The predicted molar refractivity (Wildman–Crippen MR) is 70.0 cm³/mol. The topological polar surface area (TPSA) is 89.7 Å². The van der Waals surface area contributed by atoms with Gasteiger partial charge in [0.1, 0.15) is 11.4 Å². The first-order valence-corrected chi connectivity index (χ1v) is 6.51. The smallest absolute Gasteiger partial charge is 0.307 e. The van der Waals surface area contributed by atoms with Crippen molar-refractivity contribution in [2.45, 2.75) is 38.2 Å². The van der Waals surface area contributed by atoms with Gasteiger partial charge in [-0.15, -0.1) is 0 Å². The van der Waals surface area contributed by atoms with Gasteiger partial charge in [-0.1, -0.05) is 0 Å². The van der Waals surface area contributed by atoms with E-state index in [1.807, 2.05) is 13.8 Å². The SMILES string of the molecule is CC1(C)Cc2cc([N+](=O)[O-])c(C3CC3C(=O)O)cc2O1. The number of hydrogen-bond donors (Lipinski definition) is 1. The molecule has 0 amide bonds. The second-order valence-corrected chi connectivity index (χ2v) is 6.10. The molecule has 6 heteroatoms. The molecule has 0 spiro atoms. The third kappa shape index (κ3) is 2.01. The van der Waals surface area contributed by atoms with Gasteiger partial charge in [-0.05, 0) is 26.3 Å². The van der Waals surface area contributed by atoms with E-state index >= 15 is 0 Å². The first kappa shape index (κ1) is 12.9. The van der Waals surface area contributed by atoms with Crippen LogP contribution in [0, 0.1) is 16.0 Å². The molecule has 1 aromatic rings. The van der Waals surface area contributed by atoms with Gasteiger partial charge in [-0.25, -0.2) is 0 Å². The van der Waals surface area contributed by atoms with Crippen LogP contribution in [0.2, 0.25) is 0 Å². The number of ether oxygens (including phenoxy) is 1. The molecule has 2 atom stereocenters. The highest BCUT2D eigenvalue weighted by atomic mass is 16.6. The molecule has 1 N–H and O–H groups in total. The maximum absolute atomic E-state index is 11.2. The Balaban J connectivity index is 2.03. The Bertz CT molecular complexity index is 622. The van der Waals surface area contributed by atoms with Crippen LogP contribution in [-0.4, -0.2) is 21.6 Å². The zero-order valence-electron chi connectivity index (χ0n) is 11.3. The standard InChI is InChI=1S/C14H15NO5/c1-14(2)6-7-3-11(15(18)19)9(5-12(7)20-14)8-4-10(8)13(16)17/h3,5,8,10H,4,6H2,1-2H3,(H,16,17). The highest BCUT2D eigenvalue weighted by Crippen LogP contribution is 2.52. The van der Waals surface area contributed by atoms with Crippen molar-refractivity contribution in [3.63, 3.8) is 0 Å². The summed E-state index contributed by atoms with van der Waals surface area (Å²) in [5.74, 6) is -1.04. The number of rotatable bonds is 3. The van der Waals surface area contributed by atoms with E-state index in [1.165, 1.54) is 6.07 Å². The van der Waals surface area contributed by atoms with Crippen LogP contribution >= 0.6 is 0 Å². The van der Waals surface area contributed by atoms with Gasteiger partial charge in [0, 0.05) is 29.5 Å². The molecule has 2 unspecified atom stereocenters. The van der Waals surface area contributed by atoms with E-state index < -0.39 is 16.8 Å². The minimum atomic E-state index is -0.897. The van der Waals surface area contributed by atoms with Crippen LogP contribution in [0.15, 0.2) is 12.1 Å². The second-order valence-electron chi connectivity index (χ2n) is 6.10. The first-order valence-electron chi connectivity index (χ1n) is 6.51. The van der Waals surface area contributed by atoms with Crippen molar-refractivity contribution in [3.8, 4) is 5.75 Å². The van der Waals surface area contributed by atoms with E-state index in [-0.39, 0.29) is 17.2 Å². The zero-order valence-corrected chi connectivity index (χ0v) is 11.3. The number of hydrogen-bond acceptors (Lipinski definition) is 4. The normalized spacial score (nSPS) is 25.7. The Morgan fingerprint density at radius 2 is 2.20 bits per heavy atom. The zero-order chi connectivity index (χ0) is 14.7. The second kappa shape index (κ2) is 3.94. The van der Waals surface area contributed by atoms with Crippen LogP contribution < -0.4 is 4.74 Å². The molecule has 0 radical (unpaired) electrons. The van der Waals surface area contributed by atoms with Gasteiger partial charge >= 0.3 is 5.97 Å². The molecule has 1 aliphatic heterocycles. The van der Waals surface area contributed by atoms with Gasteiger partial charge in [0.25, 0.3) is 5.69 Å². The fourth-order valence-electron chi connectivity index (χ4n) is 2.92. The van der Waals surface area contributed by atoms with Crippen molar-refractivity contribution >= 4 is 11.7 Å². The number of nitro benzene ring substituents is 1. The van der Waals surface area contributed by atoms with Crippen molar-refractivity contribution in [2.75, 3.05) is 0 Å². The average Bonchev–Trinajstić information content (AvgIpc) is 3.04. The molecule has 106 valence electrons. The molecule has 1 saturated carbocycles. The first-order chi connectivity index (χ1) is 9.28. The van der Waals surface area contributed by atoms with Gasteiger partial charge in [0.05, 0.1) is 10.8 Å². The summed E-state index contributed by atoms with van der Waals surface area (Å²) in [5.41, 5.74) is 0.945. The number of aliphatic carboxylic acids is 1. The lowest BCUT2D eigenvalue weighted by Crippen LogP contribution is -2.24. The summed E-state index contributed by atoms with van der Waals surface area (Å²) in [4.78, 5) is 21.7. The average molecular weight is 277 g/mol.